The second kappa shape index (κ2) is 3.72. The molecule has 0 spiro atoms. The van der Waals surface area contributed by atoms with Crippen LogP contribution in [0.15, 0.2) is 23.5 Å². The zero-order chi connectivity index (χ0) is 13.0. The quantitative estimate of drug-likeness (QED) is 0.749. The van der Waals surface area contributed by atoms with Crippen molar-refractivity contribution < 1.29 is 9.90 Å². The summed E-state index contributed by atoms with van der Waals surface area (Å²) in [4.78, 5) is 12.4. The average molecular weight is 246 g/mol. The largest absolute Gasteiger partial charge is 0.512 e. The van der Waals surface area contributed by atoms with Gasteiger partial charge >= 0.3 is 0 Å². The van der Waals surface area contributed by atoms with E-state index in [9.17, 15) is 9.90 Å². The molecule has 0 aromatic heterocycles. The Morgan fingerprint density at radius 2 is 2.06 bits per heavy atom. The Kier molecular flexibility index (Phi) is 2.48. The lowest BCUT2D eigenvalue weighted by atomic mass is 9.65. The number of rotatable bonds is 2. The van der Waals surface area contributed by atoms with Crippen molar-refractivity contribution in [3.8, 4) is 0 Å². The molecule has 0 radical (unpaired) electrons. The van der Waals surface area contributed by atoms with Crippen molar-refractivity contribution in [3.05, 3.63) is 23.5 Å². The highest BCUT2D eigenvalue weighted by Gasteiger charge is 2.61. The van der Waals surface area contributed by atoms with E-state index in [0.717, 1.165) is 37.7 Å². The van der Waals surface area contributed by atoms with Gasteiger partial charge in [-0.05, 0) is 42.6 Å². The first kappa shape index (κ1) is 12.0. The first-order valence-electron chi connectivity index (χ1n) is 7.10. The summed E-state index contributed by atoms with van der Waals surface area (Å²) in [5.74, 6) is 1.34. The molecule has 2 nitrogen and oxygen atoms in total. The summed E-state index contributed by atoms with van der Waals surface area (Å²) in [6.07, 6.45) is 9.80. The summed E-state index contributed by atoms with van der Waals surface area (Å²) in [5, 5.41) is 10.1. The first-order valence-corrected chi connectivity index (χ1v) is 7.10. The molecule has 2 heteroatoms. The van der Waals surface area contributed by atoms with Crippen molar-refractivity contribution in [1.29, 1.82) is 0 Å². The SMILES string of the molecule is CC1(C)C2C=CC1(CC1=C(O)CCCC1)C(=O)C2. The van der Waals surface area contributed by atoms with Gasteiger partial charge in [-0.3, -0.25) is 4.79 Å². The molecule has 0 aromatic rings. The highest BCUT2D eigenvalue weighted by Crippen LogP contribution is 2.62. The summed E-state index contributed by atoms with van der Waals surface area (Å²) >= 11 is 0. The highest BCUT2D eigenvalue weighted by molar-refractivity contribution is 5.92. The molecule has 0 saturated heterocycles. The van der Waals surface area contributed by atoms with Gasteiger partial charge in [-0.25, -0.2) is 0 Å². The van der Waals surface area contributed by atoms with Crippen LogP contribution in [0.5, 0.6) is 0 Å². The summed E-state index contributed by atoms with van der Waals surface area (Å²) in [6.45, 7) is 4.42. The Bertz CT molecular complexity index is 456. The van der Waals surface area contributed by atoms with Crippen LogP contribution in [0.2, 0.25) is 0 Å². The molecule has 0 aromatic carbocycles. The van der Waals surface area contributed by atoms with Crippen molar-refractivity contribution in [2.24, 2.45) is 16.7 Å². The van der Waals surface area contributed by atoms with Crippen LogP contribution >= 0.6 is 0 Å². The van der Waals surface area contributed by atoms with Crippen molar-refractivity contribution >= 4 is 5.78 Å². The Morgan fingerprint density at radius 3 is 2.61 bits per heavy atom. The molecule has 2 unspecified atom stereocenters. The number of hydrogen-bond donors (Lipinski definition) is 1. The lowest BCUT2D eigenvalue weighted by Crippen LogP contribution is -2.36. The van der Waals surface area contributed by atoms with E-state index in [2.05, 4.69) is 26.0 Å². The average Bonchev–Trinajstić information content (AvgIpc) is 2.66. The highest BCUT2D eigenvalue weighted by atomic mass is 16.3. The van der Waals surface area contributed by atoms with E-state index in [-0.39, 0.29) is 10.8 Å². The Balaban J connectivity index is 1.96. The van der Waals surface area contributed by atoms with Crippen LogP contribution in [0, 0.1) is 16.7 Å². The maximum absolute atomic E-state index is 12.4. The summed E-state index contributed by atoms with van der Waals surface area (Å²) in [5.41, 5.74) is 0.822. The van der Waals surface area contributed by atoms with Crippen molar-refractivity contribution in [3.63, 3.8) is 0 Å². The summed E-state index contributed by atoms with van der Waals surface area (Å²) < 4.78 is 0. The molecule has 1 N–H and O–H groups in total. The van der Waals surface area contributed by atoms with Gasteiger partial charge in [0.05, 0.1) is 11.2 Å². The van der Waals surface area contributed by atoms with E-state index in [1.165, 1.54) is 0 Å². The smallest absolute Gasteiger partial charge is 0.144 e. The fourth-order valence-corrected chi connectivity index (χ4v) is 4.09. The lowest BCUT2D eigenvalue weighted by molar-refractivity contribution is -0.126. The molecule has 18 heavy (non-hydrogen) atoms. The molecular weight excluding hydrogens is 224 g/mol. The minimum Gasteiger partial charge on any atom is -0.512 e. The van der Waals surface area contributed by atoms with Crippen LogP contribution < -0.4 is 0 Å². The molecule has 98 valence electrons. The normalized spacial score (nSPS) is 37.7. The van der Waals surface area contributed by atoms with Gasteiger partial charge in [0.25, 0.3) is 0 Å². The summed E-state index contributed by atoms with van der Waals surface area (Å²) in [6, 6.07) is 0. The lowest BCUT2D eigenvalue weighted by Gasteiger charge is -2.37. The Morgan fingerprint density at radius 1 is 1.33 bits per heavy atom. The number of Topliss-reactive ketones (excluding diaryl/α,β-unsaturated/α-hetero) is 1. The molecule has 2 bridgehead atoms. The van der Waals surface area contributed by atoms with E-state index in [0.29, 0.717) is 23.9 Å². The van der Waals surface area contributed by atoms with E-state index in [4.69, 9.17) is 0 Å². The molecule has 3 aliphatic rings. The Labute approximate surface area is 109 Å². The van der Waals surface area contributed by atoms with Crippen LogP contribution in [0.1, 0.15) is 52.4 Å². The molecule has 0 amide bonds. The maximum Gasteiger partial charge on any atom is 0.144 e. The topological polar surface area (TPSA) is 37.3 Å². The third kappa shape index (κ3) is 1.38. The number of carbonyl (C=O) groups excluding carboxylic acids is 1. The summed E-state index contributed by atoms with van der Waals surface area (Å²) in [7, 11) is 0. The predicted octanol–water partition coefficient (Wildman–Crippen LogP) is 3.93. The van der Waals surface area contributed by atoms with E-state index < -0.39 is 0 Å². The van der Waals surface area contributed by atoms with E-state index in [1.54, 1.807) is 0 Å². The van der Waals surface area contributed by atoms with E-state index in [1.807, 2.05) is 0 Å². The van der Waals surface area contributed by atoms with Gasteiger partial charge < -0.3 is 5.11 Å². The van der Waals surface area contributed by atoms with Gasteiger partial charge in [0.15, 0.2) is 0 Å². The zero-order valence-electron chi connectivity index (χ0n) is 11.3. The Hall–Kier alpha value is -1.05. The molecular formula is C16H22O2. The molecule has 3 aliphatic carbocycles. The van der Waals surface area contributed by atoms with Crippen molar-refractivity contribution in [2.75, 3.05) is 0 Å². The molecule has 1 fully saturated rings. The third-order valence-electron chi connectivity index (χ3n) is 5.64. The number of hydrogen-bond acceptors (Lipinski definition) is 2. The van der Waals surface area contributed by atoms with Crippen LogP contribution in [-0.4, -0.2) is 10.9 Å². The van der Waals surface area contributed by atoms with Gasteiger partial charge in [-0.2, -0.15) is 0 Å². The number of aliphatic hydroxyl groups is 1. The predicted molar refractivity (Wildman–Crippen MR) is 71.2 cm³/mol. The maximum atomic E-state index is 12.4. The van der Waals surface area contributed by atoms with Crippen molar-refractivity contribution in [1.82, 2.24) is 0 Å². The minimum atomic E-state index is -0.335. The van der Waals surface area contributed by atoms with Gasteiger partial charge in [0.2, 0.25) is 0 Å². The second-order valence-corrected chi connectivity index (χ2v) is 6.72. The zero-order valence-corrected chi connectivity index (χ0v) is 11.3. The monoisotopic (exact) mass is 246 g/mol. The fraction of sp³-hybridized carbons (Fsp3) is 0.688. The van der Waals surface area contributed by atoms with Gasteiger partial charge in [0.1, 0.15) is 5.78 Å². The standard InChI is InChI=1S/C16H22O2/c1-15(2)12-7-8-16(15,14(18)9-12)10-11-5-3-4-6-13(11)17/h7-8,12,17H,3-6,9-10H2,1-2H3. The number of ketones is 1. The second-order valence-electron chi connectivity index (χ2n) is 6.72. The van der Waals surface area contributed by atoms with Gasteiger partial charge in [-0.15, -0.1) is 0 Å². The third-order valence-corrected chi connectivity index (χ3v) is 5.64. The van der Waals surface area contributed by atoms with E-state index >= 15 is 0 Å². The van der Waals surface area contributed by atoms with Crippen LogP contribution in [-0.2, 0) is 4.79 Å². The number of fused-ring (bicyclic) bond motifs is 2. The fourth-order valence-electron chi connectivity index (χ4n) is 4.09. The minimum absolute atomic E-state index is 0.0226. The number of aliphatic hydroxyl groups excluding tert-OH is 1. The molecule has 2 atom stereocenters. The van der Waals surface area contributed by atoms with Gasteiger partial charge in [0, 0.05) is 12.8 Å². The number of carbonyl (C=O) groups is 1. The van der Waals surface area contributed by atoms with Crippen LogP contribution in [0.25, 0.3) is 0 Å². The van der Waals surface area contributed by atoms with Gasteiger partial charge in [-0.1, -0.05) is 26.0 Å². The first-order chi connectivity index (χ1) is 8.47. The molecule has 1 saturated carbocycles. The molecule has 3 rings (SSSR count). The molecule has 0 heterocycles. The number of allylic oxidation sites excluding steroid dienone is 4. The van der Waals surface area contributed by atoms with Crippen LogP contribution in [0.4, 0.5) is 0 Å². The molecule has 0 aliphatic heterocycles. The van der Waals surface area contributed by atoms with Crippen LogP contribution in [0.3, 0.4) is 0 Å². The van der Waals surface area contributed by atoms with Crippen molar-refractivity contribution in [2.45, 2.75) is 52.4 Å².